The predicted octanol–water partition coefficient (Wildman–Crippen LogP) is 11.9. The van der Waals surface area contributed by atoms with Crippen LogP contribution in [-0.4, -0.2) is 0 Å². The lowest BCUT2D eigenvalue weighted by Gasteiger charge is -2.18. The van der Waals surface area contributed by atoms with E-state index in [1.165, 1.54) is 49.2 Å². The minimum atomic E-state index is 0.667. The van der Waals surface area contributed by atoms with Gasteiger partial charge in [-0.25, -0.2) is 0 Å². The van der Waals surface area contributed by atoms with Crippen molar-refractivity contribution in [2.75, 3.05) is 0 Å². The monoisotopic (exact) mass is 571 g/mol. The number of rotatable bonds is 3. The lowest BCUT2D eigenvalue weighted by Crippen LogP contribution is -1.91. The van der Waals surface area contributed by atoms with Crippen molar-refractivity contribution in [1.29, 1.82) is 5.26 Å². The molecule has 9 rings (SSSR count). The van der Waals surface area contributed by atoms with E-state index in [1.807, 2.05) is 24.3 Å². The van der Waals surface area contributed by atoms with E-state index in [0.29, 0.717) is 5.56 Å². The van der Waals surface area contributed by atoms with Gasteiger partial charge in [0.05, 0.1) is 11.6 Å². The molecule has 0 spiro atoms. The largest absolute Gasteiger partial charge is 0.455 e. The molecule has 45 heavy (non-hydrogen) atoms. The molecule has 0 radical (unpaired) electrons. The molecule has 0 N–H and O–H groups in total. The quantitative estimate of drug-likeness (QED) is 0.198. The van der Waals surface area contributed by atoms with Gasteiger partial charge >= 0.3 is 0 Å². The number of furan rings is 1. The van der Waals surface area contributed by atoms with Gasteiger partial charge in [0, 0.05) is 16.2 Å². The summed E-state index contributed by atoms with van der Waals surface area (Å²) in [7, 11) is 0. The van der Waals surface area contributed by atoms with Gasteiger partial charge in [-0.2, -0.15) is 5.26 Å². The van der Waals surface area contributed by atoms with Crippen LogP contribution in [0.25, 0.3) is 87.6 Å². The first kappa shape index (κ1) is 25.3. The normalized spacial score (nSPS) is 11.5. The van der Waals surface area contributed by atoms with Crippen LogP contribution in [0.2, 0.25) is 0 Å². The van der Waals surface area contributed by atoms with E-state index in [2.05, 4.69) is 133 Å². The zero-order chi connectivity index (χ0) is 29.9. The molecule has 0 atom stereocenters. The second kappa shape index (κ2) is 9.95. The van der Waals surface area contributed by atoms with Crippen LogP contribution in [0.5, 0.6) is 0 Å². The summed E-state index contributed by atoms with van der Waals surface area (Å²) in [6.45, 7) is 0. The van der Waals surface area contributed by atoms with Crippen LogP contribution in [0.3, 0.4) is 0 Å². The second-order valence-corrected chi connectivity index (χ2v) is 11.6. The highest BCUT2D eigenvalue weighted by Crippen LogP contribution is 2.47. The van der Waals surface area contributed by atoms with Gasteiger partial charge in [-0.1, -0.05) is 127 Å². The van der Waals surface area contributed by atoms with Crippen molar-refractivity contribution in [2.24, 2.45) is 0 Å². The molecule has 2 heteroatoms. The molecule has 8 aromatic carbocycles. The Hall–Kier alpha value is -6.17. The van der Waals surface area contributed by atoms with Crippen molar-refractivity contribution in [3.63, 3.8) is 0 Å². The van der Waals surface area contributed by atoms with E-state index < -0.39 is 0 Å². The van der Waals surface area contributed by atoms with E-state index in [1.54, 1.807) is 0 Å². The predicted molar refractivity (Wildman–Crippen MR) is 187 cm³/mol. The first-order valence-electron chi connectivity index (χ1n) is 15.2. The highest BCUT2D eigenvalue weighted by atomic mass is 16.3. The average molecular weight is 572 g/mol. The Morgan fingerprint density at radius 3 is 1.62 bits per heavy atom. The number of hydrogen-bond acceptors (Lipinski definition) is 2. The van der Waals surface area contributed by atoms with Crippen molar-refractivity contribution in [1.82, 2.24) is 0 Å². The van der Waals surface area contributed by atoms with Crippen molar-refractivity contribution in [2.45, 2.75) is 0 Å². The molecule has 0 saturated carbocycles. The number of nitrogens with zero attached hydrogens (tertiary/aromatic N) is 1. The third-order valence-corrected chi connectivity index (χ3v) is 9.11. The SMILES string of the molecule is N#Cc1ccc(-c2ccc(-c3c4ccccc4c(-c4cccc5oc6c7ccccc7ccc6c45)c4ccccc34)cc2)cc1. The summed E-state index contributed by atoms with van der Waals surface area (Å²) in [5.41, 5.74) is 9.52. The Morgan fingerprint density at radius 2 is 0.978 bits per heavy atom. The fraction of sp³-hybridized carbons (Fsp3) is 0. The maximum Gasteiger partial charge on any atom is 0.143 e. The highest BCUT2D eigenvalue weighted by Gasteiger charge is 2.20. The van der Waals surface area contributed by atoms with Crippen molar-refractivity contribution in [3.8, 4) is 39.4 Å². The van der Waals surface area contributed by atoms with Gasteiger partial charge in [0.15, 0.2) is 0 Å². The third kappa shape index (κ3) is 3.88. The molecule has 0 amide bonds. The molecular weight excluding hydrogens is 546 g/mol. The summed E-state index contributed by atoms with van der Waals surface area (Å²) >= 11 is 0. The zero-order valence-electron chi connectivity index (χ0n) is 24.3. The van der Waals surface area contributed by atoms with Gasteiger partial charge < -0.3 is 4.42 Å². The Labute approximate surface area is 260 Å². The third-order valence-electron chi connectivity index (χ3n) is 9.11. The first-order chi connectivity index (χ1) is 22.3. The van der Waals surface area contributed by atoms with Crippen LogP contribution in [0.4, 0.5) is 0 Å². The van der Waals surface area contributed by atoms with Gasteiger partial charge in [0.2, 0.25) is 0 Å². The van der Waals surface area contributed by atoms with Crippen LogP contribution >= 0.6 is 0 Å². The molecule has 1 aromatic heterocycles. The van der Waals surface area contributed by atoms with Crippen molar-refractivity contribution in [3.05, 3.63) is 157 Å². The molecule has 2 nitrogen and oxygen atoms in total. The molecule has 0 fully saturated rings. The van der Waals surface area contributed by atoms with Crippen LogP contribution in [0, 0.1) is 11.3 Å². The summed E-state index contributed by atoms with van der Waals surface area (Å²) in [6.07, 6.45) is 0. The fourth-order valence-electron chi connectivity index (χ4n) is 7.06. The summed E-state index contributed by atoms with van der Waals surface area (Å²) in [5.74, 6) is 0. The van der Waals surface area contributed by atoms with Crippen LogP contribution < -0.4 is 0 Å². The van der Waals surface area contributed by atoms with Crippen molar-refractivity contribution < 1.29 is 4.42 Å². The summed E-state index contributed by atoms with van der Waals surface area (Å²) < 4.78 is 6.59. The van der Waals surface area contributed by atoms with Crippen molar-refractivity contribution >= 4 is 54.3 Å². The molecule has 0 unspecified atom stereocenters. The average Bonchev–Trinajstić information content (AvgIpc) is 3.50. The van der Waals surface area contributed by atoms with Crippen LogP contribution in [-0.2, 0) is 0 Å². The molecule has 0 aliphatic heterocycles. The maximum absolute atomic E-state index is 9.20. The van der Waals surface area contributed by atoms with Gasteiger partial charge in [-0.3, -0.25) is 0 Å². The lowest BCUT2D eigenvalue weighted by atomic mass is 9.84. The molecule has 0 aliphatic carbocycles. The minimum Gasteiger partial charge on any atom is -0.455 e. The van der Waals surface area contributed by atoms with E-state index >= 15 is 0 Å². The van der Waals surface area contributed by atoms with E-state index in [0.717, 1.165) is 38.5 Å². The Morgan fingerprint density at radius 1 is 0.422 bits per heavy atom. The Balaban J connectivity index is 1.31. The molecule has 0 saturated heterocycles. The highest BCUT2D eigenvalue weighted by molar-refractivity contribution is 6.27. The summed E-state index contributed by atoms with van der Waals surface area (Å²) in [5, 5.41) is 18.6. The molecule has 1 heterocycles. The lowest BCUT2D eigenvalue weighted by molar-refractivity contribution is 0.673. The number of hydrogen-bond donors (Lipinski definition) is 0. The zero-order valence-corrected chi connectivity index (χ0v) is 24.3. The maximum atomic E-state index is 9.20. The van der Waals surface area contributed by atoms with Gasteiger partial charge in [-0.15, -0.1) is 0 Å². The number of benzene rings is 8. The topological polar surface area (TPSA) is 36.9 Å². The number of fused-ring (bicyclic) bond motifs is 7. The second-order valence-electron chi connectivity index (χ2n) is 11.6. The van der Waals surface area contributed by atoms with E-state index in [4.69, 9.17) is 4.42 Å². The van der Waals surface area contributed by atoms with E-state index in [-0.39, 0.29) is 0 Å². The first-order valence-corrected chi connectivity index (χ1v) is 15.2. The fourth-order valence-corrected chi connectivity index (χ4v) is 7.06. The van der Waals surface area contributed by atoms with E-state index in [9.17, 15) is 5.26 Å². The van der Waals surface area contributed by atoms with Crippen LogP contribution in [0.1, 0.15) is 5.56 Å². The summed E-state index contributed by atoms with van der Waals surface area (Å²) in [4.78, 5) is 0. The van der Waals surface area contributed by atoms with Gasteiger partial charge in [0.1, 0.15) is 11.2 Å². The molecule has 9 aromatic rings. The molecule has 0 bridgehead atoms. The smallest absolute Gasteiger partial charge is 0.143 e. The standard InChI is InChI=1S/C43H25NO/c44-26-27-16-18-28(19-17-27)29-20-22-31(23-21-29)40-33-10-3-5-12-35(33)41(36-13-6-4-11-34(36)40)37-14-7-15-39-42(37)38-25-24-30-8-1-2-9-32(30)43(38)45-39/h1-25H. The molecule has 208 valence electrons. The molecule has 0 aliphatic rings. The minimum absolute atomic E-state index is 0.667. The van der Waals surface area contributed by atoms with Gasteiger partial charge in [-0.05, 0) is 84.6 Å². The Kier molecular flexibility index (Phi) is 5.60. The number of nitriles is 1. The summed E-state index contributed by atoms with van der Waals surface area (Å²) in [6, 6.07) is 55.6. The van der Waals surface area contributed by atoms with Crippen LogP contribution in [0.15, 0.2) is 156 Å². The van der Waals surface area contributed by atoms with Gasteiger partial charge in [0.25, 0.3) is 0 Å². The molecular formula is C43H25NO. The Bertz CT molecular complexity index is 2580.